The summed E-state index contributed by atoms with van der Waals surface area (Å²) >= 11 is 0. The number of carbonyl (C=O) groups is 1. The number of phenols is 1. The molecular formula is C20H25NO3. The van der Waals surface area contributed by atoms with E-state index in [1.54, 1.807) is 24.1 Å². The summed E-state index contributed by atoms with van der Waals surface area (Å²) in [5, 5.41) is 10.0. The van der Waals surface area contributed by atoms with Crippen LogP contribution in [0.25, 0.3) is 0 Å². The van der Waals surface area contributed by atoms with Gasteiger partial charge in [-0.3, -0.25) is 4.79 Å². The van der Waals surface area contributed by atoms with Crippen molar-refractivity contribution in [2.45, 2.75) is 32.7 Å². The molecule has 4 heteroatoms. The van der Waals surface area contributed by atoms with E-state index >= 15 is 0 Å². The van der Waals surface area contributed by atoms with Crippen LogP contribution in [0.3, 0.4) is 0 Å². The van der Waals surface area contributed by atoms with E-state index in [1.165, 1.54) is 18.7 Å². The number of methoxy groups -OCH3 is 1. The molecule has 24 heavy (non-hydrogen) atoms. The summed E-state index contributed by atoms with van der Waals surface area (Å²) in [4.78, 5) is 14.1. The highest BCUT2D eigenvalue weighted by Gasteiger charge is 2.17. The zero-order valence-electron chi connectivity index (χ0n) is 15.0. The van der Waals surface area contributed by atoms with Crippen molar-refractivity contribution in [1.29, 1.82) is 0 Å². The van der Waals surface area contributed by atoms with E-state index < -0.39 is 0 Å². The second-order valence-corrected chi connectivity index (χ2v) is 6.99. The van der Waals surface area contributed by atoms with Gasteiger partial charge in [0.2, 0.25) is 0 Å². The Morgan fingerprint density at radius 3 is 2.25 bits per heavy atom. The average Bonchev–Trinajstić information content (AvgIpc) is 2.53. The van der Waals surface area contributed by atoms with Gasteiger partial charge in [0.1, 0.15) is 11.5 Å². The largest absolute Gasteiger partial charge is 0.507 e. The summed E-state index contributed by atoms with van der Waals surface area (Å²) in [7, 11) is 3.24. The van der Waals surface area contributed by atoms with E-state index in [-0.39, 0.29) is 22.6 Å². The lowest BCUT2D eigenvalue weighted by molar-refractivity contribution is 0.0782. The Labute approximate surface area is 143 Å². The molecule has 0 aliphatic rings. The Morgan fingerprint density at radius 1 is 1.12 bits per heavy atom. The molecule has 0 fully saturated rings. The molecule has 0 aliphatic heterocycles. The SMILES string of the molecule is COc1ccc(C(=O)N(C)Cc2ccc(C(C)(C)C)cc2)c(O)c1. The maximum atomic E-state index is 12.5. The second kappa shape index (κ2) is 6.95. The molecule has 0 unspecified atom stereocenters. The van der Waals surface area contributed by atoms with Crippen LogP contribution in [-0.2, 0) is 12.0 Å². The van der Waals surface area contributed by atoms with Gasteiger partial charge in [0.15, 0.2) is 0 Å². The van der Waals surface area contributed by atoms with Crippen LogP contribution in [-0.4, -0.2) is 30.1 Å². The number of benzene rings is 2. The van der Waals surface area contributed by atoms with Crippen LogP contribution < -0.4 is 4.74 Å². The van der Waals surface area contributed by atoms with Crippen molar-refractivity contribution in [3.05, 3.63) is 59.2 Å². The minimum Gasteiger partial charge on any atom is -0.507 e. The number of hydrogen-bond donors (Lipinski definition) is 1. The summed E-state index contributed by atoms with van der Waals surface area (Å²) in [6.07, 6.45) is 0. The van der Waals surface area contributed by atoms with Crippen LogP contribution in [0.1, 0.15) is 42.3 Å². The van der Waals surface area contributed by atoms with Gasteiger partial charge in [-0.15, -0.1) is 0 Å². The molecule has 0 bridgehead atoms. The predicted octanol–water partition coefficient (Wildman–Crippen LogP) is 3.97. The van der Waals surface area contributed by atoms with E-state index in [2.05, 4.69) is 32.9 Å². The van der Waals surface area contributed by atoms with Gasteiger partial charge in [0.25, 0.3) is 5.91 Å². The van der Waals surface area contributed by atoms with Crippen molar-refractivity contribution in [1.82, 2.24) is 4.90 Å². The van der Waals surface area contributed by atoms with Gasteiger partial charge in [-0.05, 0) is 28.7 Å². The molecule has 0 aliphatic carbocycles. The van der Waals surface area contributed by atoms with E-state index in [1.807, 2.05) is 12.1 Å². The lowest BCUT2D eigenvalue weighted by Crippen LogP contribution is -2.26. The molecule has 0 aromatic heterocycles. The van der Waals surface area contributed by atoms with Crippen molar-refractivity contribution >= 4 is 5.91 Å². The third-order valence-corrected chi connectivity index (χ3v) is 4.02. The average molecular weight is 327 g/mol. The zero-order valence-corrected chi connectivity index (χ0v) is 15.0. The van der Waals surface area contributed by atoms with Gasteiger partial charge >= 0.3 is 0 Å². The van der Waals surface area contributed by atoms with Crippen LogP contribution in [0.15, 0.2) is 42.5 Å². The Bertz CT molecular complexity index is 715. The summed E-state index contributed by atoms with van der Waals surface area (Å²) < 4.78 is 5.04. The van der Waals surface area contributed by atoms with Gasteiger partial charge in [-0.25, -0.2) is 0 Å². The van der Waals surface area contributed by atoms with E-state index in [0.29, 0.717) is 12.3 Å². The highest BCUT2D eigenvalue weighted by molar-refractivity contribution is 5.96. The standard InChI is InChI=1S/C20H25NO3/c1-20(2,3)15-8-6-14(7-9-15)13-21(4)19(23)17-11-10-16(24-5)12-18(17)22/h6-12,22H,13H2,1-5H3. The number of carbonyl (C=O) groups excluding carboxylic acids is 1. The number of amides is 1. The number of rotatable bonds is 4. The van der Waals surface area contributed by atoms with Crippen LogP contribution in [0.4, 0.5) is 0 Å². The Balaban J connectivity index is 2.11. The maximum absolute atomic E-state index is 12.5. The molecule has 1 amide bonds. The van der Waals surface area contributed by atoms with Crippen molar-refractivity contribution in [3.63, 3.8) is 0 Å². The molecule has 128 valence electrons. The summed E-state index contributed by atoms with van der Waals surface area (Å²) in [6.45, 7) is 6.99. The predicted molar refractivity (Wildman–Crippen MR) is 95.6 cm³/mol. The lowest BCUT2D eigenvalue weighted by Gasteiger charge is -2.21. The van der Waals surface area contributed by atoms with Crippen LogP contribution in [0.5, 0.6) is 11.5 Å². The third kappa shape index (κ3) is 4.07. The number of nitrogens with zero attached hydrogens (tertiary/aromatic N) is 1. The van der Waals surface area contributed by atoms with Gasteiger partial charge in [-0.2, -0.15) is 0 Å². The fourth-order valence-electron chi connectivity index (χ4n) is 2.48. The summed E-state index contributed by atoms with van der Waals surface area (Å²) in [5.74, 6) is 0.216. The monoisotopic (exact) mass is 327 g/mol. The van der Waals surface area contributed by atoms with Crippen molar-refractivity contribution in [3.8, 4) is 11.5 Å². The molecule has 0 atom stereocenters. The quantitative estimate of drug-likeness (QED) is 0.924. The zero-order chi connectivity index (χ0) is 17.9. The molecule has 0 saturated carbocycles. The molecule has 0 saturated heterocycles. The van der Waals surface area contributed by atoms with Gasteiger partial charge < -0.3 is 14.7 Å². The number of hydrogen-bond acceptors (Lipinski definition) is 3. The molecule has 0 heterocycles. The van der Waals surface area contributed by atoms with Crippen molar-refractivity contribution < 1.29 is 14.6 Å². The normalized spacial score (nSPS) is 11.2. The highest BCUT2D eigenvalue weighted by atomic mass is 16.5. The topological polar surface area (TPSA) is 49.8 Å². The fraction of sp³-hybridized carbons (Fsp3) is 0.350. The molecule has 2 aromatic carbocycles. The first-order valence-electron chi connectivity index (χ1n) is 7.94. The van der Waals surface area contributed by atoms with Crippen molar-refractivity contribution in [2.24, 2.45) is 0 Å². The molecule has 0 radical (unpaired) electrons. The number of aromatic hydroxyl groups is 1. The second-order valence-electron chi connectivity index (χ2n) is 6.99. The Hall–Kier alpha value is -2.49. The third-order valence-electron chi connectivity index (χ3n) is 4.02. The lowest BCUT2D eigenvalue weighted by atomic mass is 9.87. The minimum atomic E-state index is -0.227. The number of phenolic OH excluding ortho intramolecular Hbond substituents is 1. The molecule has 1 N–H and O–H groups in total. The van der Waals surface area contributed by atoms with Crippen LogP contribution in [0, 0.1) is 0 Å². The first-order chi connectivity index (χ1) is 11.2. The van der Waals surface area contributed by atoms with Crippen LogP contribution in [0.2, 0.25) is 0 Å². The summed E-state index contributed by atoms with van der Waals surface area (Å²) in [6, 6.07) is 13.0. The maximum Gasteiger partial charge on any atom is 0.257 e. The molecule has 2 aromatic rings. The summed E-state index contributed by atoms with van der Waals surface area (Å²) in [5.41, 5.74) is 2.68. The van der Waals surface area contributed by atoms with E-state index in [4.69, 9.17) is 4.74 Å². The minimum absolute atomic E-state index is 0.0747. The highest BCUT2D eigenvalue weighted by Crippen LogP contribution is 2.25. The molecule has 2 rings (SSSR count). The van der Waals surface area contributed by atoms with Crippen molar-refractivity contribution in [2.75, 3.05) is 14.2 Å². The Kier molecular flexibility index (Phi) is 5.17. The van der Waals surface area contributed by atoms with Crippen LogP contribution >= 0.6 is 0 Å². The number of ether oxygens (including phenoxy) is 1. The van der Waals surface area contributed by atoms with Gasteiger partial charge in [-0.1, -0.05) is 45.0 Å². The molecular weight excluding hydrogens is 302 g/mol. The van der Waals surface area contributed by atoms with Gasteiger partial charge in [0, 0.05) is 19.7 Å². The van der Waals surface area contributed by atoms with E-state index in [0.717, 1.165) is 5.56 Å². The molecule has 4 nitrogen and oxygen atoms in total. The van der Waals surface area contributed by atoms with Gasteiger partial charge in [0.05, 0.1) is 12.7 Å². The molecule has 0 spiro atoms. The van der Waals surface area contributed by atoms with E-state index in [9.17, 15) is 9.90 Å². The Morgan fingerprint density at radius 2 is 1.75 bits per heavy atom. The first kappa shape index (κ1) is 17.9. The first-order valence-corrected chi connectivity index (χ1v) is 7.94. The smallest absolute Gasteiger partial charge is 0.257 e. The fourth-order valence-corrected chi connectivity index (χ4v) is 2.48.